The second-order valence-electron chi connectivity index (χ2n) is 5.64. The molecule has 116 valence electrons. The van der Waals surface area contributed by atoms with E-state index in [1.54, 1.807) is 18.2 Å². The third-order valence-corrected chi connectivity index (χ3v) is 4.31. The largest absolute Gasteiger partial charge is 0.397 e. The minimum atomic E-state index is -0.266. The Morgan fingerprint density at radius 2 is 2.19 bits per heavy atom. The zero-order chi connectivity index (χ0) is 15.4. The highest BCUT2D eigenvalue weighted by Gasteiger charge is 2.23. The third kappa shape index (κ3) is 4.59. The van der Waals surface area contributed by atoms with Gasteiger partial charge in [-0.1, -0.05) is 11.6 Å². The molecule has 2 rings (SSSR count). The van der Waals surface area contributed by atoms with E-state index in [1.165, 1.54) is 0 Å². The highest BCUT2D eigenvalue weighted by molar-refractivity contribution is 6.33. The maximum absolute atomic E-state index is 12.0. The number of carbonyl (C=O) groups is 1. The van der Waals surface area contributed by atoms with Gasteiger partial charge in [-0.25, -0.2) is 0 Å². The maximum atomic E-state index is 12.0. The first-order chi connectivity index (χ1) is 9.95. The fraction of sp³-hybridized carbons (Fsp3) is 0.533. The number of amides is 1. The normalized spacial score (nSPS) is 18.4. The van der Waals surface area contributed by atoms with E-state index in [2.05, 4.69) is 10.2 Å². The number of nitrogen functional groups attached to an aromatic ring is 1. The van der Waals surface area contributed by atoms with Crippen molar-refractivity contribution in [3.8, 4) is 0 Å². The summed E-state index contributed by atoms with van der Waals surface area (Å²) in [5, 5.41) is 12.9. The quantitative estimate of drug-likeness (QED) is 0.743. The molecule has 21 heavy (non-hydrogen) atoms. The van der Waals surface area contributed by atoms with Crippen LogP contribution in [0.2, 0.25) is 5.02 Å². The van der Waals surface area contributed by atoms with Crippen molar-refractivity contribution >= 4 is 28.9 Å². The molecule has 1 aliphatic rings. The van der Waals surface area contributed by atoms with E-state index < -0.39 is 0 Å². The van der Waals surface area contributed by atoms with Gasteiger partial charge in [0.05, 0.1) is 23.4 Å². The smallest absolute Gasteiger partial charge is 0.238 e. The maximum Gasteiger partial charge on any atom is 0.238 e. The van der Waals surface area contributed by atoms with Crippen LogP contribution in [0.5, 0.6) is 0 Å². The minimum absolute atomic E-state index is 0.0628. The number of nitrogens with one attached hydrogen (secondary N) is 1. The second kappa shape index (κ2) is 7.11. The first-order valence-corrected chi connectivity index (χ1v) is 7.59. The van der Waals surface area contributed by atoms with Crippen molar-refractivity contribution < 1.29 is 9.90 Å². The number of aliphatic hydroxyl groups excluding tert-OH is 1. The second-order valence-corrected chi connectivity index (χ2v) is 6.05. The number of rotatable bonds is 4. The number of anilines is 2. The fourth-order valence-electron chi connectivity index (χ4n) is 2.62. The van der Waals surface area contributed by atoms with Crippen molar-refractivity contribution in [2.45, 2.75) is 25.9 Å². The summed E-state index contributed by atoms with van der Waals surface area (Å²) in [4.78, 5) is 14.1. The summed E-state index contributed by atoms with van der Waals surface area (Å²) in [5.74, 6) is 0.285. The van der Waals surface area contributed by atoms with E-state index in [-0.39, 0.29) is 12.0 Å². The molecule has 1 fully saturated rings. The van der Waals surface area contributed by atoms with Crippen molar-refractivity contribution in [3.05, 3.63) is 23.2 Å². The summed E-state index contributed by atoms with van der Waals surface area (Å²) in [7, 11) is 0. The van der Waals surface area contributed by atoms with Gasteiger partial charge in [-0.15, -0.1) is 0 Å². The van der Waals surface area contributed by atoms with E-state index >= 15 is 0 Å². The number of hydrogen-bond donors (Lipinski definition) is 3. The molecule has 1 saturated heterocycles. The van der Waals surface area contributed by atoms with Crippen LogP contribution in [0.15, 0.2) is 18.2 Å². The van der Waals surface area contributed by atoms with Gasteiger partial charge in [-0.2, -0.15) is 0 Å². The van der Waals surface area contributed by atoms with Crippen molar-refractivity contribution in [1.82, 2.24) is 4.90 Å². The molecule has 6 heteroatoms. The highest BCUT2D eigenvalue weighted by Crippen LogP contribution is 2.23. The van der Waals surface area contributed by atoms with Crippen LogP contribution >= 0.6 is 11.6 Å². The standard InChI is InChI=1S/C15H22ClN3O2/c1-10(20)11-4-6-19(7-5-11)9-15(21)18-12-2-3-13(16)14(17)8-12/h2-3,8,10-11,20H,4-7,9,17H2,1H3,(H,18,21). The number of benzene rings is 1. The van der Waals surface area contributed by atoms with Gasteiger partial charge in [0.25, 0.3) is 0 Å². The average molecular weight is 312 g/mol. The lowest BCUT2D eigenvalue weighted by atomic mass is 9.92. The molecule has 1 unspecified atom stereocenters. The van der Waals surface area contributed by atoms with Gasteiger partial charge in [0, 0.05) is 5.69 Å². The summed E-state index contributed by atoms with van der Waals surface area (Å²) in [6.07, 6.45) is 1.59. The molecular formula is C15H22ClN3O2. The summed E-state index contributed by atoms with van der Waals surface area (Å²) in [5.41, 5.74) is 6.81. The number of halogens is 1. The Labute approximate surface area is 130 Å². The molecule has 0 spiro atoms. The van der Waals surface area contributed by atoms with Crippen molar-refractivity contribution in [3.63, 3.8) is 0 Å². The van der Waals surface area contributed by atoms with E-state index in [4.69, 9.17) is 17.3 Å². The van der Waals surface area contributed by atoms with Crippen molar-refractivity contribution in [1.29, 1.82) is 0 Å². The molecule has 1 heterocycles. The first kappa shape index (κ1) is 16.1. The molecule has 0 aliphatic carbocycles. The molecule has 0 bridgehead atoms. The van der Waals surface area contributed by atoms with E-state index in [9.17, 15) is 9.90 Å². The van der Waals surface area contributed by atoms with Crippen LogP contribution < -0.4 is 11.1 Å². The molecule has 4 N–H and O–H groups in total. The predicted octanol–water partition coefficient (Wildman–Crippen LogP) is 1.95. The number of aliphatic hydroxyl groups is 1. The van der Waals surface area contributed by atoms with Gasteiger partial charge < -0.3 is 16.2 Å². The van der Waals surface area contributed by atoms with E-state index in [0.29, 0.717) is 28.9 Å². The number of piperidine rings is 1. The Morgan fingerprint density at radius 3 is 2.76 bits per heavy atom. The Bertz CT molecular complexity index is 500. The van der Waals surface area contributed by atoms with Gasteiger partial charge >= 0.3 is 0 Å². The number of likely N-dealkylation sites (tertiary alicyclic amines) is 1. The molecule has 1 atom stereocenters. The van der Waals surface area contributed by atoms with Crippen LogP contribution in [0.4, 0.5) is 11.4 Å². The average Bonchev–Trinajstić information content (AvgIpc) is 2.43. The van der Waals surface area contributed by atoms with Crippen molar-refractivity contribution in [2.75, 3.05) is 30.7 Å². The molecule has 1 amide bonds. The number of nitrogens with two attached hydrogens (primary N) is 1. The van der Waals surface area contributed by atoms with Crippen LogP contribution in [0.25, 0.3) is 0 Å². The van der Waals surface area contributed by atoms with Gasteiger partial charge in [0.15, 0.2) is 0 Å². The van der Waals surface area contributed by atoms with Gasteiger partial charge in [-0.3, -0.25) is 9.69 Å². The molecule has 1 aromatic rings. The monoisotopic (exact) mass is 311 g/mol. The lowest BCUT2D eigenvalue weighted by molar-refractivity contribution is -0.117. The molecule has 0 radical (unpaired) electrons. The predicted molar refractivity (Wildman–Crippen MR) is 85.3 cm³/mol. The Morgan fingerprint density at radius 1 is 1.52 bits per heavy atom. The Kier molecular flexibility index (Phi) is 5.45. The summed E-state index contributed by atoms with van der Waals surface area (Å²) >= 11 is 5.85. The van der Waals surface area contributed by atoms with Crippen LogP contribution in [-0.4, -0.2) is 41.7 Å². The minimum Gasteiger partial charge on any atom is -0.397 e. The third-order valence-electron chi connectivity index (χ3n) is 3.96. The highest BCUT2D eigenvalue weighted by atomic mass is 35.5. The number of carbonyl (C=O) groups excluding carboxylic acids is 1. The lowest BCUT2D eigenvalue weighted by Gasteiger charge is -2.32. The van der Waals surface area contributed by atoms with Gasteiger partial charge in [0.1, 0.15) is 0 Å². The van der Waals surface area contributed by atoms with E-state index in [1.807, 2.05) is 6.92 Å². The molecule has 5 nitrogen and oxygen atoms in total. The Balaban J connectivity index is 1.81. The number of nitrogens with zero attached hydrogens (tertiary/aromatic N) is 1. The zero-order valence-corrected chi connectivity index (χ0v) is 12.9. The molecule has 1 aliphatic heterocycles. The van der Waals surface area contributed by atoms with Crippen LogP contribution in [0.1, 0.15) is 19.8 Å². The first-order valence-electron chi connectivity index (χ1n) is 7.21. The van der Waals surface area contributed by atoms with Gasteiger partial charge in [-0.05, 0) is 57.0 Å². The lowest BCUT2D eigenvalue weighted by Crippen LogP contribution is -2.41. The summed E-state index contributed by atoms with van der Waals surface area (Å²) in [6, 6.07) is 5.05. The molecule has 1 aromatic carbocycles. The van der Waals surface area contributed by atoms with Crippen LogP contribution in [-0.2, 0) is 4.79 Å². The number of hydrogen-bond acceptors (Lipinski definition) is 4. The van der Waals surface area contributed by atoms with Crippen molar-refractivity contribution in [2.24, 2.45) is 5.92 Å². The molecule has 0 saturated carbocycles. The summed E-state index contributed by atoms with van der Waals surface area (Å²) < 4.78 is 0. The zero-order valence-electron chi connectivity index (χ0n) is 12.2. The fourth-order valence-corrected chi connectivity index (χ4v) is 2.74. The van der Waals surface area contributed by atoms with Crippen LogP contribution in [0.3, 0.4) is 0 Å². The Hall–Kier alpha value is -1.30. The van der Waals surface area contributed by atoms with Gasteiger partial charge in [0.2, 0.25) is 5.91 Å². The molecule has 0 aromatic heterocycles. The molecular weight excluding hydrogens is 290 g/mol. The SMILES string of the molecule is CC(O)C1CCN(CC(=O)Nc2ccc(Cl)c(N)c2)CC1. The summed E-state index contributed by atoms with van der Waals surface area (Å²) in [6.45, 7) is 3.87. The van der Waals surface area contributed by atoms with Crippen LogP contribution in [0, 0.1) is 5.92 Å². The van der Waals surface area contributed by atoms with E-state index in [0.717, 1.165) is 25.9 Å². The topological polar surface area (TPSA) is 78.6 Å².